The Morgan fingerprint density at radius 3 is 2.83 bits per heavy atom. The minimum atomic E-state index is -0.229. The highest BCUT2D eigenvalue weighted by Gasteiger charge is 2.00. The maximum absolute atomic E-state index is 11.9. The fourth-order valence-electron chi connectivity index (χ4n) is 2.21. The van der Waals surface area contributed by atoms with Crippen LogP contribution in [0.25, 0.3) is 17.1 Å². The number of nitriles is 1. The first-order valence-electron chi connectivity index (χ1n) is 7.41. The van der Waals surface area contributed by atoms with Crippen LogP contribution in [0.2, 0.25) is 0 Å². The molecule has 5 heteroatoms. The van der Waals surface area contributed by atoms with Gasteiger partial charge in [0.15, 0.2) is 0 Å². The zero-order valence-corrected chi connectivity index (χ0v) is 12.8. The Morgan fingerprint density at radius 2 is 2.00 bits per heavy atom. The Balaban J connectivity index is 1.63. The minimum Gasteiger partial charge on any atom is -0.348 e. The Hall–Kier alpha value is -3.52. The lowest BCUT2D eigenvalue weighted by Crippen LogP contribution is -2.20. The number of aromatic nitrogens is 2. The first kappa shape index (κ1) is 15.4. The van der Waals surface area contributed by atoms with Crippen LogP contribution in [0.4, 0.5) is 0 Å². The highest BCUT2D eigenvalue weighted by atomic mass is 16.1. The predicted octanol–water partition coefficient (Wildman–Crippen LogP) is 2.83. The third kappa shape index (κ3) is 3.81. The van der Waals surface area contributed by atoms with Crippen molar-refractivity contribution in [1.29, 1.82) is 5.26 Å². The van der Waals surface area contributed by atoms with Gasteiger partial charge >= 0.3 is 0 Å². The van der Waals surface area contributed by atoms with Crippen LogP contribution in [-0.2, 0) is 11.3 Å². The van der Waals surface area contributed by atoms with Gasteiger partial charge in [-0.05, 0) is 35.9 Å². The van der Waals surface area contributed by atoms with Crippen LogP contribution in [0, 0.1) is 11.3 Å². The van der Waals surface area contributed by atoms with Crippen molar-refractivity contribution in [1.82, 2.24) is 15.3 Å². The summed E-state index contributed by atoms with van der Waals surface area (Å²) in [5, 5.41) is 11.6. The molecule has 1 amide bonds. The maximum Gasteiger partial charge on any atom is 0.244 e. The SMILES string of the molecule is N#Cc1cccc(CNC(=O)/C=C/c2cnc3ccccc3n2)c1. The third-order valence-corrected chi connectivity index (χ3v) is 3.40. The van der Waals surface area contributed by atoms with Crippen LogP contribution in [0.5, 0.6) is 0 Å². The number of hydrogen-bond acceptors (Lipinski definition) is 4. The van der Waals surface area contributed by atoms with Crippen molar-refractivity contribution >= 4 is 23.0 Å². The molecule has 0 atom stereocenters. The van der Waals surface area contributed by atoms with Gasteiger partial charge in [-0.3, -0.25) is 9.78 Å². The van der Waals surface area contributed by atoms with Gasteiger partial charge in [-0.15, -0.1) is 0 Å². The molecule has 116 valence electrons. The molecule has 5 nitrogen and oxygen atoms in total. The summed E-state index contributed by atoms with van der Waals surface area (Å²) in [4.78, 5) is 20.6. The van der Waals surface area contributed by atoms with E-state index < -0.39 is 0 Å². The molecule has 3 rings (SSSR count). The number of para-hydroxylation sites is 2. The van der Waals surface area contributed by atoms with E-state index >= 15 is 0 Å². The molecule has 0 spiro atoms. The molecule has 0 fully saturated rings. The fourth-order valence-corrected chi connectivity index (χ4v) is 2.21. The average molecular weight is 314 g/mol. The highest BCUT2D eigenvalue weighted by molar-refractivity contribution is 5.91. The number of amides is 1. The Morgan fingerprint density at radius 1 is 1.17 bits per heavy atom. The number of rotatable bonds is 4. The van der Waals surface area contributed by atoms with Crippen molar-refractivity contribution in [2.24, 2.45) is 0 Å². The van der Waals surface area contributed by atoms with Gasteiger partial charge in [0.1, 0.15) is 0 Å². The van der Waals surface area contributed by atoms with Gasteiger partial charge in [0.25, 0.3) is 0 Å². The molecule has 1 aromatic heterocycles. The van der Waals surface area contributed by atoms with Gasteiger partial charge in [-0.1, -0.05) is 24.3 Å². The lowest BCUT2D eigenvalue weighted by molar-refractivity contribution is -0.116. The molecule has 0 bridgehead atoms. The minimum absolute atomic E-state index is 0.229. The van der Waals surface area contributed by atoms with E-state index in [0.717, 1.165) is 16.6 Å². The number of carbonyl (C=O) groups excluding carboxylic acids is 1. The van der Waals surface area contributed by atoms with Gasteiger partial charge < -0.3 is 5.32 Å². The summed E-state index contributed by atoms with van der Waals surface area (Å²) in [5.41, 5.74) is 3.67. The van der Waals surface area contributed by atoms with Crippen LogP contribution < -0.4 is 5.32 Å². The van der Waals surface area contributed by atoms with E-state index in [1.807, 2.05) is 30.3 Å². The van der Waals surface area contributed by atoms with Gasteiger partial charge in [0.2, 0.25) is 5.91 Å². The largest absolute Gasteiger partial charge is 0.348 e. The van der Waals surface area contributed by atoms with Crippen LogP contribution in [-0.4, -0.2) is 15.9 Å². The molecule has 0 unspecified atom stereocenters. The molecule has 0 aliphatic carbocycles. The Kier molecular flexibility index (Phi) is 4.59. The molecule has 2 aromatic carbocycles. The lowest BCUT2D eigenvalue weighted by Gasteiger charge is -2.03. The summed E-state index contributed by atoms with van der Waals surface area (Å²) in [5.74, 6) is -0.229. The second kappa shape index (κ2) is 7.16. The summed E-state index contributed by atoms with van der Waals surface area (Å²) in [6.07, 6.45) is 4.68. The van der Waals surface area contributed by atoms with Crippen LogP contribution in [0.15, 0.2) is 60.8 Å². The summed E-state index contributed by atoms with van der Waals surface area (Å²) >= 11 is 0. The van der Waals surface area contributed by atoms with Crippen molar-refractivity contribution in [3.8, 4) is 6.07 Å². The van der Waals surface area contributed by atoms with Crippen LogP contribution in [0.3, 0.4) is 0 Å². The quantitative estimate of drug-likeness (QED) is 0.751. The zero-order valence-electron chi connectivity index (χ0n) is 12.8. The standard InChI is InChI=1S/C19H14N4O/c20-11-14-4-3-5-15(10-14)12-22-19(24)9-8-16-13-21-17-6-1-2-7-18(17)23-16/h1-10,13H,12H2,(H,22,24)/b9-8+. The van der Waals surface area contributed by atoms with Gasteiger partial charge in [-0.25, -0.2) is 4.98 Å². The lowest BCUT2D eigenvalue weighted by atomic mass is 10.1. The monoisotopic (exact) mass is 314 g/mol. The third-order valence-electron chi connectivity index (χ3n) is 3.40. The second-order valence-electron chi connectivity index (χ2n) is 5.15. The average Bonchev–Trinajstić information content (AvgIpc) is 2.64. The van der Waals surface area contributed by atoms with Crippen LogP contribution in [0.1, 0.15) is 16.8 Å². The number of carbonyl (C=O) groups is 1. The highest BCUT2D eigenvalue weighted by Crippen LogP contribution is 2.09. The molecule has 0 aliphatic rings. The van der Waals surface area contributed by atoms with Crippen molar-refractivity contribution in [2.45, 2.75) is 6.54 Å². The zero-order chi connectivity index (χ0) is 16.8. The summed E-state index contributed by atoms with van der Waals surface area (Å²) < 4.78 is 0. The van der Waals surface area contributed by atoms with Gasteiger partial charge in [-0.2, -0.15) is 5.26 Å². The van der Waals surface area contributed by atoms with Crippen molar-refractivity contribution < 1.29 is 4.79 Å². The molecule has 1 N–H and O–H groups in total. The van der Waals surface area contributed by atoms with E-state index in [2.05, 4.69) is 21.4 Å². The molecule has 0 saturated heterocycles. The Bertz CT molecular complexity index is 957. The summed E-state index contributed by atoms with van der Waals surface area (Å²) in [7, 11) is 0. The van der Waals surface area contributed by atoms with Crippen molar-refractivity contribution in [2.75, 3.05) is 0 Å². The van der Waals surface area contributed by atoms with Crippen molar-refractivity contribution in [3.05, 3.63) is 77.6 Å². The fraction of sp³-hybridized carbons (Fsp3) is 0.0526. The van der Waals surface area contributed by atoms with Crippen LogP contribution >= 0.6 is 0 Å². The van der Waals surface area contributed by atoms with Crippen molar-refractivity contribution in [3.63, 3.8) is 0 Å². The number of nitrogens with zero attached hydrogens (tertiary/aromatic N) is 3. The Labute approximate surface area is 139 Å². The molecule has 3 aromatic rings. The molecular weight excluding hydrogens is 300 g/mol. The topological polar surface area (TPSA) is 78.7 Å². The predicted molar refractivity (Wildman–Crippen MR) is 91.6 cm³/mol. The normalized spacial score (nSPS) is 10.6. The number of fused-ring (bicyclic) bond motifs is 1. The second-order valence-corrected chi connectivity index (χ2v) is 5.15. The first-order valence-corrected chi connectivity index (χ1v) is 7.41. The summed E-state index contributed by atoms with van der Waals surface area (Å²) in [6.45, 7) is 0.363. The molecule has 24 heavy (non-hydrogen) atoms. The number of nitrogens with one attached hydrogen (secondary N) is 1. The summed E-state index contributed by atoms with van der Waals surface area (Å²) in [6, 6.07) is 16.8. The molecule has 0 radical (unpaired) electrons. The van der Waals surface area contributed by atoms with E-state index in [1.165, 1.54) is 6.08 Å². The van der Waals surface area contributed by atoms with Gasteiger partial charge in [0.05, 0.1) is 34.6 Å². The molecule has 1 heterocycles. The maximum atomic E-state index is 11.9. The van der Waals surface area contributed by atoms with Gasteiger partial charge in [0, 0.05) is 12.6 Å². The molecular formula is C19H14N4O. The number of benzene rings is 2. The van der Waals surface area contributed by atoms with E-state index in [0.29, 0.717) is 17.8 Å². The molecule has 0 aliphatic heterocycles. The van der Waals surface area contributed by atoms with E-state index in [1.54, 1.807) is 30.5 Å². The molecule has 0 saturated carbocycles. The first-order chi connectivity index (χ1) is 11.7. The van der Waals surface area contributed by atoms with E-state index in [9.17, 15) is 4.79 Å². The smallest absolute Gasteiger partial charge is 0.244 e. The van der Waals surface area contributed by atoms with E-state index in [-0.39, 0.29) is 5.91 Å². The van der Waals surface area contributed by atoms with E-state index in [4.69, 9.17) is 5.26 Å². The number of hydrogen-bond donors (Lipinski definition) is 1.